The van der Waals surface area contributed by atoms with Crippen molar-refractivity contribution in [2.24, 2.45) is 17.8 Å². The Labute approximate surface area is 157 Å². The van der Waals surface area contributed by atoms with Crippen molar-refractivity contribution in [3.05, 3.63) is 42.2 Å². The van der Waals surface area contributed by atoms with Gasteiger partial charge in [-0.25, -0.2) is 4.79 Å². The number of carboxylic acid groups (broad SMARTS) is 1. The lowest BCUT2D eigenvalue weighted by Crippen LogP contribution is -2.27. The van der Waals surface area contributed by atoms with Crippen molar-refractivity contribution in [3.8, 4) is 0 Å². The van der Waals surface area contributed by atoms with E-state index in [0.717, 1.165) is 6.42 Å². The molecular weight excluding hydrogens is 328 g/mol. The Bertz CT molecular complexity index is 567. The van der Waals surface area contributed by atoms with E-state index in [1.807, 2.05) is 13.0 Å². The zero-order chi connectivity index (χ0) is 19.4. The van der Waals surface area contributed by atoms with Gasteiger partial charge in [0.2, 0.25) is 0 Å². The molecule has 0 bridgehead atoms. The van der Waals surface area contributed by atoms with Crippen LogP contribution >= 0.6 is 0 Å². The molecule has 0 saturated carbocycles. The number of rotatable bonds is 12. The maximum absolute atomic E-state index is 12.0. The molecule has 1 aliphatic carbocycles. The van der Waals surface area contributed by atoms with Gasteiger partial charge in [-0.15, -0.1) is 5.73 Å². The van der Waals surface area contributed by atoms with E-state index in [4.69, 9.17) is 5.11 Å². The average Bonchev–Trinajstić information content (AvgIpc) is 2.97. The number of allylic oxidation sites excluding steroid dienone is 4. The first-order chi connectivity index (χ1) is 12.5. The molecule has 1 rings (SSSR count). The van der Waals surface area contributed by atoms with Crippen LogP contribution in [-0.4, -0.2) is 28.1 Å². The van der Waals surface area contributed by atoms with Gasteiger partial charge in [0.15, 0.2) is 11.9 Å². The molecule has 0 fully saturated rings. The third-order valence-corrected chi connectivity index (χ3v) is 4.83. The molecule has 26 heavy (non-hydrogen) atoms. The summed E-state index contributed by atoms with van der Waals surface area (Å²) in [5.41, 5.74) is 2.95. The molecule has 0 aromatic heterocycles. The van der Waals surface area contributed by atoms with Crippen molar-refractivity contribution in [1.82, 2.24) is 0 Å². The van der Waals surface area contributed by atoms with Crippen LogP contribution in [0.1, 0.15) is 58.8 Å². The fourth-order valence-electron chi connectivity index (χ4n) is 3.07. The van der Waals surface area contributed by atoms with E-state index in [-0.39, 0.29) is 17.6 Å². The minimum absolute atomic E-state index is 0.104. The molecule has 2 N–H and O–H groups in total. The molecule has 144 valence electrons. The van der Waals surface area contributed by atoms with Crippen LogP contribution in [0.4, 0.5) is 0 Å². The van der Waals surface area contributed by atoms with Crippen LogP contribution in [0.3, 0.4) is 0 Å². The highest BCUT2D eigenvalue weighted by Gasteiger charge is 2.27. The van der Waals surface area contributed by atoms with E-state index in [2.05, 4.69) is 24.8 Å². The first kappa shape index (κ1) is 22.1. The molecule has 2 unspecified atom stereocenters. The minimum Gasteiger partial charge on any atom is -0.479 e. The van der Waals surface area contributed by atoms with E-state index >= 15 is 0 Å². The molecule has 0 heterocycles. The van der Waals surface area contributed by atoms with Crippen molar-refractivity contribution < 1.29 is 19.8 Å². The van der Waals surface area contributed by atoms with Crippen LogP contribution in [0.25, 0.3) is 0 Å². The standard InChI is InChI=1S/C22H32O4/c1-3-5-6-7-8-9-13-18-15-16-20(23)19(18)14-11-10-12-17(4-2)21(24)22(25)26/h9,11-13,15-19,21,24H,3-8,14H2,1-2H3,(H,25,26)/t10?,17?,18-,19+,21?/m0/s1. The zero-order valence-corrected chi connectivity index (χ0v) is 15.9. The topological polar surface area (TPSA) is 74.6 Å². The van der Waals surface area contributed by atoms with Crippen LogP contribution in [0, 0.1) is 17.8 Å². The smallest absolute Gasteiger partial charge is 0.333 e. The van der Waals surface area contributed by atoms with Crippen molar-refractivity contribution in [2.45, 2.75) is 64.9 Å². The quantitative estimate of drug-likeness (QED) is 0.306. The largest absolute Gasteiger partial charge is 0.479 e. The Hall–Kier alpha value is -1.90. The number of hydrogen-bond donors (Lipinski definition) is 2. The highest BCUT2D eigenvalue weighted by Crippen LogP contribution is 2.27. The van der Waals surface area contributed by atoms with E-state index < -0.39 is 18.0 Å². The van der Waals surface area contributed by atoms with Crippen molar-refractivity contribution in [2.75, 3.05) is 0 Å². The lowest BCUT2D eigenvalue weighted by atomic mass is 9.90. The number of aliphatic hydroxyl groups excluding tert-OH is 1. The number of aliphatic hydroxyl groups is 1. The molecule has 0 aliphatic heterocycles. The number of carboxylic acids is 1. The zero-order valence-electron chi connectivity index (χ0n) is 15.9. The number of carbonyl (C=O) groups excluding carboxylic acids is 1. The third-order valence-electron chi connectivity index (χ3n) is 4.83. The summed E-state index contributed by atoms with van der Waals surface area (Å²) in [6.45, 7) is 4.02. The third kappa shape index (κ3) is 7.55. The van der Waals surface area contributed by atoms with Crippen LogP contribution in [0.15, 0.2) is 42.2 Å². The summed E-state index contributed by atoms with van der Waals surface area (Å²) in [4.78, 5) is 22.9. The Morgan fingerprint density at radius 1 is 1.31 bits per heavy atom. The molecule has 1 aliphatic rings. The Balaban J connectivity index is 2.55. The SMILES string of the molecule is CCCCCCC=C[C@H]1C=CC(=O)[C@@H]1CC=C=CC(CC)C(O)C(=O)O. The highest BCUT2D eigenvalue weighted by molar-refractivity contribution is 5.95. The van der Waals surface area contributed by atoms with Gasteiger partial charge in [0, 0.05) is 17.8 Å². The summed E-state index contributed by atoms with van der Waals surface area (Å²) < 4.78 is 0. The van der Waals surface area contributed by atoms with E-state index in [0.29, 0.717) is 12.8 Å². The van der Waals surface area contributed by atoms with Crippen LogP contribution in [0.5, 0.6) is 0 Å². The first-order valence-electron chi connectivity index (χ1n) is 9.71. The van der Waals surface area contributed by atoms with E-state index in [9.17, 15) is 14.7 Å². The van der Waals surface area contributed by atoms with Crippen molar-refractivity contribution >= 4 is 11.8 Å². The van der Waals surface area contributed by atoms with Gasteiger partial charge >= 0.3 is 5.97 Å². The maximum Gasteiger partial charge on any atom is 0.333 e. The van der Waals surface area contributed by atoms with Gasteiger partial charge in [-0.1, -0.05) is 51.3 Å². The summed E-state index contributed by atoms with van der Waals surface area (Å²) in [6, 6.07) is 0. The van der Waals surface area contributed by atoms with E-state index in [1.165, 1.54) is 25.7 Å². The van der Waals surface area contributed by atoms with Crippen molar-refractivity contribution in [3.63, 3.8) is 0 Å². The summed E-state index contributed by atoms with van der Waals surface area (Å²) >= 11 is 0. The number of unbranched alkanes of at least 4 members (excludes halogenated alkanes) is 4. The number of aliphatic carboxylic acids is 1. The first-order valence-corrected chi connectivity index (χ1v) is 9.71. The van der Waals surface area contributed by atoms with Gasteiger partial charge in [-0.05, 0) is 43.9 Å². The maximum atomic E-state index is 12.0. The molecule has 0 aromatic rings. The fourth-order valence-corrected chi connectivity index (χ4v) is 3.07. The Morgan fingerprint density at radius 2 is 2.08 bits per heavy atom. The summed E-state index contributed by atoms with van der Waals surface area (Å²) in [5, 5.41) is 18.5. The Morgan fingerprint density at radius 3 is 2.73 bits per heavy atom. The second-order valence-corrected chi connectivity index (χ2v) is 6.85. The molecule has 4 nitrogen and oxygen atoms in total. The fraction of sp³-hybridized carbons (Fsp3) is 0.591. The summed E-state index contributed by atoms with van der Waals surface area (Å²) in [6.07, 6.45) is 16.9. The highest BCUT2D eigenvalue weighted by atomic mass is 16.4. The van der Waals surface area contributed by atoms with Crippen LogP contribution in [0.2, 0.25) is 0 Å². The van der Waals surface area contributed by atoms with Gasteiger partial charge in [-0.2, -0.15) is 0 Å². The second kappa shape index (κ2) is 12.5. The van der Waals surface area contributed by atoms with Gasteiger partial charge in [-0.3, -0.25) is 4.79 Å². The molecule has 0 aromatic carbocycles. The molecule has 0 radical (unpaired) electrons. The normalized spacial score (nSPS) is 21.6. The predicted octanol–water partition coefficient (Wildman–Crippen LogP) is 4.46. The second-order valence-electron chi connectivity index (χ2n) is 6.85. The van der Waals surface area contributed by atoms with Gasteiger partial charge < -0.3 is 10.2 Å². The average molecular weight is 360 g/mol. The monoisotopic (exact) mass is 360 g/mol. The van der Waals surface area contributed by atoms with Gasteiger partial charge in [0.1, 0.15) is 0 Å². The number of hydrogen-bond acceptors (Lipinski definition) is 3. The molecule has 0 spiro atoms. The van der Waals surface area contributed by atoms with Crippen LogP contribution in [-0.2, 0) is 9.59 Å². The van der Waals surface area contributed by atoms with E-state index in [1.54, 1.807) is 18.2 Å². The number of carbonyl (C=O) groups is 2. The van der Waals surface area contributed by atoms with Crippen LogP contribution < -0.4 is 0 Å². The molecular formula is C22H32O4. The molecule has 4 heteroatoms. The Kier molecular flexibility index (Phi) is 10.6. The molecule has 4 atom stereocenters. The van der Waals surface area contributed by atoms with Gasteiger partial charge in [0.25, 0.3) is 0 Å². The summed E-state index contributed by atoms with van der Waals surface area (Å²) in [5.74, 6) is -1.55. The van der Waals surface area contributed by atoms with Crippen molar-refractivity contribution in [1.29, 1.82) is 0 Å². The minimum atomic E-state index is -1.42. The predicted molar refractivity (Wildman–Crippen MR) is 104 cm³/mol. The molecule has 0 saturated heterocycles. The lowest BCUT2D eigenvalue weighted by Gasteiger charge is -2.13. The lowest BCUT2D eigenvalue weighted by molar-refractivity contribution is -0.148. The molecule has 0 amide bonds. The number of ketones is 1. The van der Waals surface area contributed by atoms with Gasteiger partial charge in [0.05, 0.1) is 0 Å². The summed E-state index contributed by atoms with van der Waals surface area (Å²) in [7, 11) is 0.